The van der Waals surface area contributed by atoms with Crippen molar-refractivity contribution in [2.75, 3.05) is 19.7 Å². The van der Waals surface area contributed by atoms with Crippen molar-refractivity contribution in [2.24, 2.45) is 5.73 Å². The average Bonchev–Trinajstić information content (AvgIpc) is 2.19. The Labute approximate surface area is 82.7 Å². The molecule has 4 N–H and O–H groups in total. The average molecular weight is 198 g/mol. The Bertz CT molecular complexity index is 281. The molecule has 0 aliphatic heterocycles. The van der Waals surface area contributed by atoms with Crippen molar-refractivity contribution in [1.82, 2.24) is 5.32 Å². The Morgan fingerprint density at radius 2 is 2.29 bits per heavy atom. The molecule has 1 aromatic carbocycles. The van der Waals surface area contributed by atoms with Gasteiger partial charge in [-0.15, -0.1) is 0 Å². The van der Waals surface area contributed by atoms with E-state index in [9.17, 15) is 4.39 Å². The molecule has 0 saturated heterocycles. The molecule has 14 heavy (non-hydrogen) atoms. The third-order valence-electron chi connectivity index (χ3n) is 1.99. The highest BCUT2D eigenvalue weighted by molar-refractivity contribution is 5.20. The van der Waals surface area contributed by atoms with Gasteiger partial charge >= 0.3 is 0 Å². The normalized spacial score (nSPS) is 12.8. The Kier molecular flexibility index (Phi) is 4.52. The van der Waals surface area contributed by atoms with E-state index in [4.69, 9.17) is 10.8 Å². The van der Waals surface area contributed by atoms with Gasteiger partial charge in [0.15, 0.2) is 0 Å². The lowest BCUT2D eigenvalue weighted by Crippen LogP contribution is -2.30. The smallest absolute Gasteiger partial charge is 0.123 e. The van der Waals surface area contributed by atoms with Gasteiger partial charge in [-0.3, -0.25) is 0 Å². The van der Waals surface area contributed by atoms with Crippen LogP contribution in [0.25, 0.3) is 0 Å². The Morgan fingerprint density at radius 1 is 1.50 bits per heavy atom. The van der Waals surface area contributed by atoms with Crippen LogP contribution in [0.4, 0.5) is 4.39 Å². The monoisotopic (exact) mass is 198 g/mol. The molecule has 1 atom stereocenters. The van der Waals surface area contributed by atoms with Gasteiger partial charge < -0.3 is 16.2 Å². The zero-order valence-electron chi connectivity index (χ0n) is 7.91. The van der Waals surface area contributed by atoms with E-state index in [-0.39, 0.29) is 18.5 Å². The summed E-state index contributed by atoms with van der Waals surface area (Å²) in [5, 5.41) is 11.7. The number of aliphatic hydroxyl groups excluding tert-OH is 1. The molecule has 0 aliphatic carbocycles. The lowest BCUT2D eigenvalue weighted by Gasteiger charge is -2.16. The van der Waals surface area contributed by atoms with E-state index >= 15 is 0 Å². The summed E-state index contributed by atoms with van der Waals surface area (Å²) in [4.78, 5) is 0. The third kappa shape index (κ3) is 3.06. The summed E-state index contributed by atoms with van der Waals surface area (Å²) >= 11 is 0. The van der Waals surface area contributed by atoms with Gasteiger partial charge in [0.1, 0.15) is 5.82 Å². The van der Waals surface area contributed by atoms with E-state index in [1.807, 2.05) is 6.07 Å². The number of hydrogen-bond donors (Lipinski definition) is 3. The molecular weight excluding hydrogens is 183 g/mol. The number of nitrogens with one attached hydrogen (secondary N) is 1. The van der Waals surface area contributed by atoms with E-state index < -0.39 is 0 Å². The van der Waals surface area contributed by atoms with E-state index in [0.717, 1.165) is 5.56 Å². The Hall–Kier alpha value is -0.970. The predicted octanol–water partition coefficient (Wildman–Crippen LogP) is 0.407. The van der Waals surface area contributed by atoms with Gasteiger partial charge in [-0.25, -0.2) is 4.39 Å². The summed E-state index contributed by atoms with van der Waals surface area (Å²) in [6, 6.07) is 6.20. The van der Waals surface area contributed by atoms with E-state index in [1.165, 1.54) is 12.1 Å². The van der Waals surface area contributed by atoms with Crippen LogP contribution in [0.1, 0.15) is 11.6 Å². The maximum Gasteiger partial charge on any atom is 0.123 e. The number of benzene rings is 1. The lowest BCUT2D eigenvalue weighted by atomic mass is 10.1. The van der Waals surface area contributed by atoms with Gasteiger partial charge in [-0.05, 0) is 17.7 Å². The van der Waals surface area contributed by atoms with Crippen LogP contribution >= 0.6 is 0 Å². The van der Waals surface area contributed by atoms with Crippen molar-refractivity contribution in [3.8, 4) is 0 Å². The van der Waals surface area contributed by atoms with Gasteiger partial charge in [0.2, 0.25) is 0 Å². The highest BCUT2D eigenvalue weighted by Crippen LogP contribution is 2.12. The Morgan fingerprint density at radius 3 is 2.86 bits per heavy atom. The number of rotatable bonds is 5. The van der Waals surface area contributed by atoms with Crippen LogP contribution in [0, 0.1) is 5.82 Å². The molecule has 3 nitrogen and oxygen atoms in total. The maximum absolute atomic E-state index is 12.9. The first-order valence-electron chi connectivity index (χ1n) is 4.57. The highest BCUT2D eigenvalue weighted by Gasteiger charge is 2.08. The molecule has 1 aromatic rings. The zero-order chi connectivity index (χ0) is 10.4. The predicted molar refractivity (Wildman–Crippen MR) is 53.3 cm³/mol. The maximum atomic E-state index is 12.9. The van der Waals surface area contributed by atoms with Gasteiger partial charge in [0.05, 0.1) is 6.61 Å². The van der Waals surface area contributed by atoms with Crippen molar-refractivity contribution in [3.63, 3.8) is 0 Å². The fraction of sp³-hybridized carbons (Fsp3) is 0.400. The van der Waals surface area contributed by atoms with Gasteiger partial charge in [-0.1, -0.05) is 12.1 Å². The molecule has 0 bridgehead atoms. The first kappa shape index (κ1) is 11.1. The summed E-state index contributed by atoms with van der Waals surface area (Å²) in [5.41, 5.74) is 6.34. The van der Waals surface area contributed by atoms with Crippen molar-refractivity contribution in [1.29, 1.82) is 0 Å². The van der Waals surface area contributed by atoms with Crippen molar-refractivity contribution >= 4 is 0 Å². The molecule has 1 rings (SSSR count). The van der Waals surface area contributed by atoms with Crippen molar-refractivity contribution in [3.05, 3.63) is 35.6 Å². The van der Waals surface area contributed by atoms with Crippen LogP contribution in [-0.4, -0.2) is 24.8 Å². The molecule has 0 radical (unpaired) electrons. The van der Waals surface area contributed by atoms with E-state index in [0.29, 0.717) is 13.1 Å². The number of aliphatic hydroxyl groups is 1. The van der Waals surface area contributed by atoms with Gasteiger partial charge in [0, 0.05) is 19.1 Å². The third-order valence-corrected chi connectivity index (χ3v) is 1.99. The molecule has 4 heteroatoms. The Balaban J connectivity index is 2.68. The number of nitrogens with two attached hydrogens (primary N) is 1. The number of halogens is 1. The van der Waals surface area contributed by atoms with E-state index in [2.05, 4.69) is 5.32 Å². The minimum absolute atomic E-state index is 0.0474. The summed E-state index contributed by atoms with van der Waals surface area (Å²) in [6.45, 7) is 0.883. The van der Waals surface area contributed by atoms with Crippen LogP contribution in [-0.2, 0) is 0 Å². The van der Waals surface area contributed by atoms with Crippen LogP contribution in [0.2, 0.25) is 0 Å². The second kappa shape index (κ2) is 5.70. The topological polar surface area (TPSA) is 58.3 Å². The molecule has 1 unspecified atom stereocenters. The molecule has 0 aliphatic rings. The quantitative estimate of drug-likeness (QED) is 0.642. The van der Waals surface area contributed by atoms with Crippen molar-refractivity contribution in [2.45, 2.75) is 6.04 Å². The molecular formula is C10H15FN2O. The minimum Gasteiger partial charge on any atom is -0.395 e. The van der Waals surface area contributed by atoms with Gasteiger partial charge in [-0.2, -0.15) is 0 Å². The molecule has 0 heterocycles. The van der Waals surface area contributed by atoms with Gasteiger partial charge in [0.25, 0.3) is 0 Å². The molecule has 0 amide bonds. The molecule has 0 spiro atoms. The summed E-state index contributed by atoms with van der Waals surface area (Å²) < 4.78 is 12.9. The van der Waals surface area contributed by atoms with Crippen LogP contribution < -0.4 is 11.1 Å². The largest absolute Gasteiger partial charge is 0.395 e. The van der Waals surface area contributed by atoms with Crippen LogP contribution in [0.3, 0.4) is 0 Å². The second-order valence-corrected chi connectivity index (χ2v) is 3.02. The van der Waals surface area contributed by atoms with Crippen molar-refractivity contribution < 1.29 is 9.50 Å². The van der Waals surface area contributed by atoms with Crippen LogP contribution in [0.5, 0.6) is 0 Å². The molecule has 0 aromatic heterocycles. The number of hydrogen-bond acceptors (Lipinski definition) is 3. The summed E-state index contributed by atoms with van der Waals surface area (Å²) in [7, 11) is 0. The second-order valence-electron chi connectivity index (χ2n) is 3.02. The summed E-state index contributed by atoms with van der Waals surface area (Å²) in [6.07, 6.45) is 0. The minimum atomic E-state index is -0.272. The summed E-state index contributed by atoms with van der Waals surface area (Å²) in [5.74, 6) is -0.272. The lowest BCUT2D eigenvalue weighted by molar-refractivity contribution is 0.285. The first-order valence-corrected chi connectivity index (χ1v) is 4.57. The fourth-order valence-corrected chi connectivity index (χ4v) is 1.30. The molecule has 0 fully saturated rings. The van der Waals surface area contributed by atoms with Crippen LogP contribution in [0.15, 0.2) is 24.3 Å². The fourth-order valence-electron chi connectivity index (χ4n) is 1.30. The SMILES string of the molecule is NCC(NCCO)c1cccc(F)c1. The van der Waals surface area contributed by atoms with E-state index in [1.54, 1.807) is 6.07 Å². The molecule has 78 valence electrons. The first-order chi connectivity index (χ1) is 6.77. The molecule has 0 saturated carbocycles. The standard InChI is InChI=1S/C10H15FN2O/c11-9-3-1-2-8(6-9)10(7-12)13-4-5-14/h1-3,6,10,13-14H,4-5,7,12H2. The zero-order valence-corrected chi connectivity index (χ0v) is 7.91. The highest BCUT2D eigenvalue weighted by atomic mass is 19.1.